The predicted molar refractivity (Wildman–Crippen MR) is 76.2 cm³/mol. The van der Waals surface area contributed by atoms with Gasteiger partial charge in [-0.3, -0.25) is 4.79 Å². The molecule has 1 aliphatic rings. The van der Waals surface area contributed by atoms with Gasteiger partial charge in [0.2, 0.25) is 0 Å². The summed E-state index contributed by atoms with van der Waals surface area (Å²) in [6, 6.07) is 7.74. The number of aliphatic carboxylic acids is 1. The summed E-state index contributed by atoms with van der Waals surface area (Å²) in [4.78, 5) is 11.2. The number of benzene rings is 1. The normalized spacial score (nSPS) is 23.2. The van der Waals surface area contributed by atoms with E-state index in [0.717, 1.165) is 49.4 Å². The minimum Gasteiger partial charge on any atom is -0.481 e. The topological polar surface area (TPSA) is 49.3 Å². The Bertz CT molecular complexity index is 436. The van der Waals surface area contributed by atoms with E-state index < -0.39 is 5.97 Å². The molecule has 0 spiro atoms. The Kier molecular flexibility index (Phi) is 5.23. The monoisotopic (exact) mass is 281 g/mol. The fraction of sp³-hybridized carbons (Fsp3) is 0.533. The first kappa shape index (κ1) is 14.4. The van der Waals surface area contributed by atoms with Crippen molar-refractivity contribution < 1.29 is 9.90 Å². The summed E-state index contributed by atoms with van der Waals surface area (Å²) in [5, 5.41) is 13.3. The Morgan fingerprint density at radius 1 is 1.37 bits per heavy atom. The van der Waals surface area contributed by atoms with Gasteiger partial charge in [0, 0.05) is 11.6 Å². The molecule has 104 valence electrons. The van der Waals surface area contributed by atoms with Crippen LogP contribution in [0.2, 0.25) is 5.02 Å². The number of hydrogen-bond donors (Lipinski definition) is 2. The van der Waals surface area contributed by atoms with Crippen molar-refractivity contribution in [2.24, 2.45) is 11.8 Å². The molecule has 0 heterocycles. The number of carbonyl (C=O) groups is 1. The predicted octanol–water partition coefficient (Wildman–Crippen LogP) is 3.32. The van der Waals surface area contributed by atoms with Gasteiger partial charge in [-0.05, 0) is 43.0 Å². The smallest absolute Gasteiger partial charge is 0.306 e. The van der Waals surface area contributed by atoms with Gasteiger partial charge >= 0.3 is 5.97 Å². The largest absolute Gasteiger partial charge is 0.481 e. The van der Waals surface area contributed by atoms with Crippen molar-refractivity contribution in [1.82, 2.24) is 5.32 Å². The summed E-state index contributed by atoms with van der Waals surface area (Å²) in [5.74, 6) is -0.569. The number of nitrogens with one attached hydrogen (secondary N) is 1. The van der Waals surface area contributed by atoms with E-state index in [2.05, 4.69) is 5.32 Å². The van der Waals surface area contributed by atoms with Gasteiger partial charge in [-0.2, -0.15) is 0 Å². The summed E-state index contributed by atoms with van der Waals surface area (Å²) in [5.41, 5.74) is 1.13. The molecule has 0 radical (unpaired) electrons. The second-order valence-electron chi connectivity index (χ2n) is 5.25. The lowest BCUT2D eigenvalue weighted by molar-refractivity contribution is -0.144. The lowest BCUT2D eigenvalue weighted by Crippen LogP contribution is -2.34. The van der Waals surface area contributed by atoms with Crippen LogP contribution in [0.4, 0.5) is 0 Å². The molecule has 0 amide bonds. The number of carboxylic acids is 1. The highest BCUT2D eigenvalue weighted by molar-refractivity contribution is 6.30. The van der Waals surface area contributed by atoms with E-state index in [1.165, 1.54) is 0 Å². The Balaban J connectivity index is 1.82. The lowest BCUT2D eigenvalue weighted by atomic mass is 9.79. The van der Waals surface area contributed by atoms with E-state index in [1.807, 2.05) is 24.3 Å². The third-order valence-corrected chi connectivity index (χ3v) is 4.09. The fourth-order valence-corrected chi connectivity index (χ4v) is 3.04. The van der Waals surface area contributed by atoms with Gasteiger partial charge in [0.15, 0.2) is 0 Å². The molecule has 2 atom stereocenters. The fourth-order valence-electron chi connectivity index (χ4n) is 2.83. The van der Waals surface area contributed by atoms with Crippen molar-refractivity contribution in [3.63, 3.8) is 0 Å². The van der Waals surface area contributed by atoms with Gasteiger partial charge < -0.3 is 10.4 Å². The van der Waals surface area contributed by atoms with Crippen LogP contribution in [-0.2, 0) is 11.3 Å². The van der Waals surface area contributed by atoms with Crippen molar-refractivity contribution in [3.8, 4) is 0 Å². The van der Waals surface area contributed by atoms with Gasteiger partial charge in [-0.1, -0.05) is 36.6 Å². The molecule has 2 N–H and O–H groups in total. The first-order valence-corrected chi connectivity index (χ1v) is 7.22. The summed E-state index contributed by atoms with van der Waals surface area (Å²) in [7, 11) is 0. The number of halogens is 1. The molecule has 0 aliphatic heterocycles. The van der Waals surface area contributed by atoms with Crippen molar-refractivity contribution >= 4 is 17.6 Å². The maximum Gasteiger partial charge on any atom is 0.306 e. The van der Waals surface area contributed by atoms with Crippen molar-refractivity contribution in [3.05, 3.63) is 34.9 Å². The van der Waals surface area contributed by atoms with Gasteiger partial charge in [0.25, 0.3) is 0 Å². The maximum atomic E-state index is 11.2. The van der Waals surface area contributed by atoms with E-state index in [-0.39, 0.29) is 11.8 Å². The van der Waals surface area contributed by atoms with Crippen LogP contribution < -0.4 is 5.32 Å². The molecule has 19 heavy (non-hydrogen) atoms. The number of rotatable bonds is 5. The lowest BCUT2D eigenvalue weighted by Gasteiger charge is -2.28. The average molecular weight is 282 g/mol. The standard InChI is InChI=1S/C15H20ClNO2/c16-13-6-3-4-11(8-13)9-17-10-12-5-1-2-7-14(12)15(18)19/h3-4,6,8,12,14,17H,1-2,5,7,9-10H2,(H,18,19). The zero-order chi connectivity index (χ0) is 13.7. The van der Waals surface area contributed by atoms with Gasteiger partial charge in [-0.25, -0.2) is 0 Å². The zero-order valence-electron chi connectivity index (χ0n) is 10.9. The van der Waals surface area contributed by atoms with Gasteiger partial charge in [-0.15, -0.1) is 0 Å². The third kappa shape index (κ3) is 4.22. The number of hydrogen-bond acceptors (Lipinski definition) is 2. The number of carboxylic acid groups (broad SMARTS) is 1. The average Bonchev–Trinajstić information content (AvgIpc) is 2.39. The zero-order valence-corrected chi connectivity index (χ0v) is 11.7. The molecular formula is C15H20ClNO2. The second-order valence-corrected chi connectivity index (χ2v) is 5.69. The van der Waals surface area contributed by atoms with Crippen molar-refractivity contribution in [2.45, 2.75) is 32.2 Å². The van der Waals surface area contributed by atoms with E-state index >= 15 is 0 Å². The quantitative estimate of drug-likeness (QED) is 0.870. The van der Waals surface area contributed by atoms with E-state index in [4.69, 9.17) is 11.6 Å². The third-order valence-electron chi connectivity index (χ3n) is 3.85. The molecule has 1 aromatic rings. The Labute approximate surface area is 119 Å². The first-order chi connectivity index (χ1) is 9.16. The molecule has 0 bridgehead atoms. The highest BCUT2D eigenvalue weighted by Crippen LogP contribution is 2.29. The van der Waals surface area contributed by atoms with E-state index in [1.54, 1.807) is 0 Å². The Morgan fingerprint density at radius 3 is 2.89 bits per heavy atom. The molecular weight excluding hydrogens is 262 g/mol. The van der Waals surface area contributed by atoms with Crippen LogP contribution in [0, 0.1) is 11.8 Å². The summed E-state index contributed by atoms with van der Waals surface area (Å²) < 4.78 is 0. The van der Waals surface area contributed by atoms with Crippen LogP contribution in [0.5, 0.6) is 0 Å². The Morgan fingerprint density at radius 2 is 2.16 bits per heavy atom. The van der Waals surface area contributed by atoms with Crippen LogP contribution in [0.25, 0.3) is 0 Å². The van der Waals surface area contributed by atoms with Crippen LogP contribution >= 0.6 is 11.6 Å². The SMILES string of the molecule is O=C(O)C1CCCCC1CNCc1cccc(Cl)c1. The molecule has 1 fully saturated rings. The molecule has 1 aliphatic carbocycles. The summed E-state index contributed by atoms with van der Waals surface area (Å²) in [6.07, 6.45) is 4.02. The van der Waals surface area contributed by atoms with Crippen LogP contribution in [0.15, 0.2) is 24.3 Å². The van der Waals surface area contributed by atoms with Gasteiger partial charge in [0.05, 0.1) is 5.92 Å². The molecule has 4 heteroatoms. The highest BCUT2D eigenvalue weighted by atomic mass is 35.5. The Hall–Kier alpha value is -1.06. The first-order valence-electron chi connectivity index (χ1n) is 6.85. The van der Waals surface area contributed by atoms with Crippen molar-refractivity contribution in [1.29, 1.82) is 0 Å². The molecule has 0 saturated heterocycles. The second kappa shape index (κ2) is 6.92. The molecule has 0 aromatic heterocycles. The molecule has 3 nitrogen and oxygen atoms in total. The van der Waals surface area contributed by atoms with Crippen LogP contribution in [0.1, 0.15) is 31.2 Å². The highest BCUT2D eigenvalue weighted by Gasteiger charge is 2.30. The molecule has 1 saturated carbocycles. The van der Waals surface area contributed by atoms with Crippen LogP contribution in [-0.4, -0.2) is 17.6 Å². The maximum absolute atomic E-state index is 11.2. The molecule has 1 aromatic carbocycles. The summed E-state index contributed by atoms with van der Waals surface area (Å²) in [6.45, 7) is 1.51. The van der Waals surface area contributed by atoms with E-state index in [0.29, 0.717) is 0 Å². The molecule has 2 unspecified atom stereocenters. The molecule has 2 rings (SSSR count). The van der Waals surface area contributed by atoms with Gasteiger partial charge in [0.1, 0.15) is 0 Å². The van der Waals surface area contributed by atoms with Crippen LogP contribution in [0.3, 0.4) is 0 Å². The minimum absolute atomic E-state index is 0.180. The minimum atomic E-state index is -0.644. The summed E-state index contributed by atoms with van der Waals surface area (Å²) >= 11 is 5.93. The van der Waals surface area contributed by atoms with E-state index in [9.17, 15) is 9.90 Å². The van der Waals surface area contributed by atoms with Crippen molar-refractivity contribution in [2.75, 3.05) is 6.54 Å².